The molecule has 12 heteroatoms. The second-order valence-electron chi connectivity index (χ2n) is 11.6. The van der Waals surface area contributed by atoms with Crippen LogP contribution in [0.5, 0.6) is 5.75 Å². The van der Waals surface area contributed by atoms with Crippen LogP contribution in [0.1, 0.15) is 43.5 Å². The number of aromatic nitrogens is 2. The average Bonchev–Trinajstić information content (AvgIpc) is 3.55. The SMILES string of the molecule is C=N/C(Sc1ccnc2c1OCC1CC(COCOC)CN21)=C(N)\N=C(/C)N1CCC2(CC1)Cc1ncccc1[C@H]2N. The molecule has 2 aromatic heterocycles. The van der Waals surface area contributed by atoms with Gasteiger partial charge in [-0.05, 0) is 62.4 Å². The first-order chi connectivity index (χ1) is 20.4. The Bertz CT molecular complexity index is 1380. The molecule has 224 valence electrons. The maximum Gasteiger partial charge on any atom is 0.175 e. The summed E-state index contributed by atoms with van der Waals surface area (Å²) in [6, 6.07) is 6.33. The summed E-state index contributed by atoms with van der Waals surface area (Å²) in [5.41, 5.74) is 15.6. The molecule has 1 spiro atoms. The molecule has 2 fully saturated rings. The molecule has 6 rings (SSSR count). The highest BCUT2D eigenvalue weighted by Crippen LogP contribution is 2.50. The molecule has 1 aliphatic carbocycles. The van der Waals surface area contributed by atoms with Gasteiger partial charge in [0.25, 0.3) is 0 Å². The predicted molar refractivity (Wildman–Crippen MR) is 165 cm³/mol. The summed E-state index contributed by atoms with van der Waals surface area (Å²) >= 11 is 1.40. The Morgan fingerprint density at radius 3 is 2.86 bits per heavy atom. The molecule has 4 N–H and O–H groups in total. The molecule has 2 unspecified atom stereocenters. The Balaban J connectivity index is 1.13. The number of rotatable bonds is 8. The van der Waals surface area contributed by atoms with Crippen molar-refractivity contribution in [2.24, 2.45) is 32.8 Å². The average molecular weight is 593 g/mol. The molecule has 3 atom stereocenters. The summed E-state index contributed by atoms with van der Waals surface area (Å²) in [5.74, 6) is 3.18. The van der Waals surface area contributed by atoms with E-state index in [1.54, 1.807) is 13.3 Å². The van der Waals surface area contributed by atoms with Crippen LogP contribution in [-0.4, -0.2) is 80.2 Å². The number of nitrogens with two attached hydrogens (primary N) is 2. The number of hydrogen-bond donors (Lipinski definition) is 2. The van der Waals surface area contributed by atoms with Crippen molar-refractivity contribution in [1.29, 1.82) is 0 Å². The van der Waals surface area contributed by atoms with Crippen LogP contribution in [0.4, 0.5) is 5.82 Å². The van der Waals surface area contributed by atoms with E-state index in [0.717, 1.165) is 73.3 Å². The largest absolute Gasteiger partial charge is 0.486 e. The number of ether oxygens (including phenoxy) is 3. The fourth-order valence-electron chi connectivity index (χ4n) is 6.85. The van der Waals surface area contributed by atoms with Crippen molar-refractivity contribution in [3.63, 3.8) is 0 Å². The second-order valence-corrected chi connectivity index (χ2v) is 12.6. The van der Waals surface area contributed by atoms with Crippen LogP contribution in [0.2, 0.25) is 0 Å². The Morgan fingerprint density at radius 2 is 2.10 bits per heavy atom. The molecule has 0 aromatic carbocycles. The van der Waals surface area contributed by atoms with Crippen LogP contribution < -0.4 is 21.1 Å². The third-order valence-electron chi connectivity index (χ3n) is 9.11. The third kappa shape index (κ3) is 5.48. The van der Waals surface area contributed by atoms with Crippen molar-refractivity contribution >= 4 is 30.1 Å². The number of nitrogens with zero attached hydrogens (tertiary/aromatic N) is 6. The molecule has 0 saturated carbocycles. The van der Waals surface area contributed by atoms with Gasteiger partial charge < -0.3 is 35.5 Å². The zero-order valence-corrected chi connectivity index (χ0v) is 25.2. The van der Waals surface area contributed by atoms with Crippen molar-refractivity contribution in [1.82, 2.24) is 14.9 Å². The normalized spacial score (nSPS) is 25.0. The van der Waals surface area contributed by atoms with Crippen molar-refractivity contribution in [2.45, 2.75) is 49.6 Å². The Hall–Kier alpha value is -3.19. The van der Waals surface area contributed by atoms with Gasteiger partial charge in [0.1, 0.15) is 24.3 Å². The molecular formula is C30H40N8O3S. The molecule has 0 bridgehead atoms. The summed E-state index contributed by atoms with van der Waals surface area (Å²) < 4.78 is 16.9. The number of hydrogen-bond acceptors (Lipinski definition) is 11. The number of amidine groups is 1. The van der Waals surface area contributed by atoms with Gasteiger partial charge in [0, 0.05) is 56.8 Å². The summed E-state index contributed by atoms with van der Waals surface area (Å²) in [6.07, 6.45) is 7.58. The third-order valence-corrected chi connectivity index (χ3v) is 10.2. The molecule has 4 aliphatic rings. The number of fused-ring (bicyclic) bond motifs is 4. The first-order valence-electron chi connectivity index (χ1n) is 14.5. The van der Waals surface area contributed by atoms with Crippen LogP contribution >= 0.6 is 11.8 Å². The minimum Gasteiger partial charge on any atom is -0.486 e. The summed E-state index contributed by atoms with van der Waals surface area (Å²) in [6.45, 7) is 9.94. The van der Waals surface area contributed by atoms with Gasteiger partial charge in [-0.1, -0.05) is 17.8 Å². The molecule has 0 amide bonds. The minimum atomic E-state index is 0.0257. The fraction of sp³-hybridized carbons (Fsp3) is 0.533. The number of methoxy groups -OCH3 is 1. The maximum absolute atomic E-state index is 6.73. The molecular weight excluding hydrogens is 552 g/mol. The van der Waals surface area contributed by atoms with Gasteiger partial charge in [-0.3, -0.25) is 9.98 Å². The summed E-state index contributed by atoms with van der Waals surface area (Å²) in [4.78, 5) is 23.8. The number of likely N-dealkylation sites (tertiary alicyclic amines) is 1. The van der Waals surface area contributed by atoms with Gasteiger partial charge >= 0.3 is 0 Å². The monoisotopic (exact) mass is 592 g/mol. The standard InChI is InChI=1S/C30H40N8O3S/c1-19(37-11-7-30(8-12-37)14-23-22(26(30)31)5-4-9-34-23)36-27(32)29(33-2)42-24-6-10-35-28-25(24)41-17-21-13-20(15-38(21)28)16-40-18-39-3/h4-6,9-10,20-21,26H,2,7-8,11-18,31-32H2,1,3H3/b29-27+,36-19+/t20?,21?,26-/m1/s1. The van der Waals surface area contributed by atoms with E-state index in [4.69, 9.17) is 30.7 Å². The number of piperidine rings is 1. The minimum absolute atomic E-state index is 0.0257. The summed E-state index contributed by atoms with van der Waals surface area (Å²) in [5, 5.41) is 0.536. The Labute approximate surface area is 251 Å². The first-order valence-corrected chi connectivity index (χ1v) is 15.3. The van der Waals surface area contributed by atoms with E-state index in [2.05, 4.69) is 37.5 Å². The van der Waals surface area contributed by atoms with E-state index in [0.29, 0.717) is 36.8 Å². The van der Waals surface area contributed by atoms with Gasteiger partial charge in [-0.15, -0.1) is 0 Å². The van der Waals surface area contributed by atoms with Crippen LogP contribution in [0.3, 0.4) is 0 Å². The van der Waals surface area contributed by atoms with Gasteiger partial charge in [0.2, 0.25) is 0 Å². The first kappa shape index (κ1) is 28.9. The van der Waals surface area contributed by atoms with Gasteiger partial charge in [-0.25, -0.2) is 9.98 Å². The van der Waals surface area contributed by atoms with E-state index >= 15 is 0 Å². The number of thioether (sulfide) groups is 1. The van der Waals surface area contributed by atoms with E-state index < -0.39 is 0 Å². The lowest BCUT2D eigenvalue weighted by Gasteiger charge is -2.42. The topological polar surface area (TPSA) is 137 Å². The van der Waals surface area contributed by atoms with Gasteiger partial charge in [-0.2, -0.15) is 0 Å². The van der Waals surface area contributed by atoms with Crippen molar-refractivity contribution < 1.29 is 14.2 Å². The van der Waals surface area contributed by atoms with Crippen LogP contribution in [0, 0.1) is 11.3 Å². The van der Waals surface area contributed by atoms with Crippen LogP contribution in [0.15, 0.2) is 56.3 Å². The Kier molecular flexibility index (Phi) is 8.39. The van der Waals surface area contributed by atoms with Crippen LogP contribution in [0.25, 0.3) is 0 Å². The summed E-state index contributed by atoms with van der Waals surface area (Å²) in [7, 11) is 1.64. The molecule has 11 nitrogen and oxygen atoms in total. The van der Waals surface area contributed by atoms with Crippen LogP contribution in [-0.2, 0) is 15.9 Å². The molecule has 0 radical (unpaired) electrons. The number of anilines is 1. The van der Waals surface area contributed by atoms with Gasteiger partial charge in [0.15, 0.2) is 17.4 Å². The lowest BCUT2D eigenvalue weighted by molar-refractivity contribution is -0.0414. The van der Waals surface area contributed by atoms with E-state index in [1.807, 2.05) is 25.3 Å². The molecule has 3 aliphatic heterocycles. The van der Waals surface area contributed by atoms with Crippen molar-refractivity contribution in [2.75, 3.05) is 51.7 Å². The highest BCUT2D eigenvalue weighted by molar-refractivity contribution is 8.03. The van der Waals surface area contributed by atoms with Gasteiger partial charge in [0.05, 0.1) is 17.5 Å². The maximum atomic E-state index is 6.73. The smallest absolute Gasteiger partial charge is 0.175 e. The van der Waals surface area contributed by atoms with E-state index in [-0.39, 0.29) is 17.5 Å². The highest BCUT2D eigenvalue weighted by atomic mass is 32.2. The quantitative estimate of drug-likeness (QED) is 0.154. The lowest BCUT2D eigenvalue weighted by Crippen LogP contribution is -2.46. The molecule has 2 saturated heterocycles. The van der Waals surface area contributed by atoms with Crippen molar-refractivity contribution in [3.8, 4) is 5.75 Å². The molecule has 5 heterocycles. The number of aliphatic imine (C=N–C) groups is 2. The molecule has 42 heavy (non-hydrogen) atoms. The Morgan fingerprint density at radius 1 is 1.26 bits per heavy atom. The molecule has 2 aromatic rings. The lowest BCUT2D eigenvalue weighted by atomic mass is 9.73. The van der Waals surface area contributed by atoms with E-state index in [1.165, 1.54) is 17.3 Å². The zero-order valence-electron chi connectivity index (χ0n) is 24.4. The predicted octanol–water partition coefficient (Wildman–Crippen LogP) is 3.32. The second kappa shape index (κ2) is 12.2. The zero-order chi connectivity index (χ0) is 29.3. The number of pyridine rings is 2. The highest BCUT2D eigenvalue weighted by Gasteiger charge is 2.46. The fourth-order valence-corrected chi connectivity index (χ4v) is 7.65. The van der Waals surface area contributed by atoms with Crippen molar-refractivity contribution in [3.05, 3.63) is 52.7 Å². The van der Waals surface area contributed by atoms with E-state index in [9.17, 15) is 0 Å².